The highest BCUT2D eigenvalue weighted by molar-refractivity contribution is 5.73. The maximum Gasteiger partial charge on any atom is 0.320 e. The molecule has 0 aliphatic carbocycles. The van der Waals surface area contributed by atoms with E-state index in [9.17, 15) is 4.79 Å². The largest absolute Gasteiger partial charge is 0.480 e. The molecule has 15 heavy (non-hydrogen) atoms. The van der Waals surface area contributed by atoms with E-state index in [2.05, 4.69) is 4.99 Å². The molecule has 1 aromatic carbocycles. The van der Waals surface area contributed by atoms with Crippen molar-refractivity contribution in [1.29, 1.82) is 0 Å². The van der Waals surface area contributed by atoms with E-state index in [-0.39, 0.29) is 6.04 Å². The van der Waals surface area contributed by atoms with E-state index in [0.717, 1.165) is 10.6 Å². The number of nitrogens with two attached hydrogens (primary N) is 1. The number of nitrogens with zero attached hydrogens (tertiary/aromatic N) is 1. The van der Waals surface area contributed by atoms with Gasteiger partial charge in [-0.15, -0.1) is 0 Å². The fraction of sp³-hybridized carbons (Fsp3) is 0.273. The Balaban J connectivity index is 2.18. The van der Waals surface area contributed by atoms with E-state index >= 15 is 0 Å². The minimum absolute atomic E-state index is 0.103. The van der Waals surface area contributed by atoms with E-state index < -0.39 is 12.0 Å². The number of carboxylic acid groups (broad SMARTS) is 1. The molecular weight excluding hydrogens is 192 g/mol. The smallest absolute Gasteiger partial charge is 0.320 e. The van der Waals surface area contributed by atoms with Gasteiger partial charge in [0.2, 0.25) is 0 Å². The molecule has 78 valence electrons. The number of hydrogen-bond acceptors (Lipinski definition) is 3. The molecule has 0 saturated heterocycles. The van der Waals surface area contributed by atoms with Crippen molar-refractivity contribution < 1.29 is 9.90 Å². The molecule has 2 atom stereocenters. The first-order chi connectivity index (χ1) is 7.16. The summed E-state index contributed by atoms with van der Waals surface area (Å²) < 4.78 is 0. The van der Waals surface area contributed by atoms with Crippen LogP contribution in [0, 0.1) is 0 Å². The molecule has 0 aromatic heterocycles. The van der Waals surface area contributed by atoms with Crippen LogP contribution in [-0.2, 0) is 4.79 Å². The van der Waals surface area contributed by atoms with Crippen LogP contribution in [0.2, 0.25) is 0 Å². The van der Waals surface area contributed by atoms with Crippen molar-refractivity contribution in [2.24, 2.45) is 10.7 Å². The van der Waals surface area contributed by atoms with E-state index in [0.29, 0.717) is 6.42 Å². The third-order valence-electron chi connectivity index (χ3n) is 2.43. The lowest BCUT2D eigenvalue weighted by Gasteiger charge is -2.08. The molecule has 3 N–H and O–H groups in total. The molecule has 0 bridgehead atoms. The average molecular weight is 204 g/mol. The van der Waals surface area contributed by atoms with Crippen LogP contribution in [0.25, 0.3) is 6.08 Å². The van der Waals surface area contributed by atoms with Crippen molar-refractivity contribution in [2.75, 3.05) is 0 Å². The second kappa shape index (κ2) is 3.82. The molecule has 0 fully saturated rings. The Labute approximate surface area is 86.8 Å². The summed E-state index contributed by atoms with van der Waals surface area (Å²) in [6.07, 6.45) is 2.31. The maximum absolute atomic E-state index is 10.6. The number of hydrogen-bond donors (Lipinski definition) is 2. The molecular formula is C11H12N2O2. The van der Waals surface area contributed by atoms with Gasteiger partial charge in [-0.1, -0.05) is 24.3 Å². The first-order valence-electron chi connectivity index (χ1n) is 4.80. The molecule has 1 aliphatic rings. The summed E-state index contributed by atoms with van der Waals surface area (Å²) >= 11 is 0. The van der Waals surface area contributed by atoms with Gasteiger partial charge in [0.25, 0.3) is 0 Å². The van der Waals surface area contributed by atoms with Crippen molar-refractivity contribution in [1.82, 2.24) is 0 Å². The van der Waals surface area contributed by atoms with Gasteiger partial charge in [-0.05, 0) is 17.7 Å². The predicted octanol–water partition coefficient (Wildman–Crippen LogP) is -0.729. The third kappa shape index (κ3) is 2.05. The standard InChI is InChI=1S/C11H12N2O2/c12-9(11(14)15)6-8-5-7-3-1-2-4-10(7)13-8/h1-5,8-9H,6,12H2,(H,14,15). The van der Waals surface area contributed by atoms with Crippen molar-refractivity contribution in [3.8, 4) is 0 Å². The Morgan fingerprint density at radius 3 is 2.93 bits per heavy atom. The second-order valence-electron chi connectivity index (χ2n) is 3.60. The lowest BCUT2D eigenvalue weighted by Crippen LogP contribution is -2.32. The Morgan fingerprint density at radius 1 is 1.53 bits per heavy atom. The molecule has 0 radical (unpaired) electrons. The van der Waals surface area contributed by atoms with E-state index in [1.807, 2.05) is 30.3 Å². The van der Waals surface area contributed by atoms with Gasteiger partial charge in [0.15, 0.2) is 0 Å². The predicted molar refractivity (Wildman–Crippen MR) is 55.7 cm³/mol. The van der Waals surface area contributed by atoms with Crippen molar-refractivity contribution in [3.05, 3.63) is 34.8 Å². The van der Waals surface area contributed by atoms with Gasteiger partial charge in [0, 0.05) is 0 Å². The second-order valence-corrected chi connectivity index (χ2v) is 3.60. The van der Waals surface area contributed by atoms with Gasteiger partial charge in [-0.25, -0.2) is 0 Å². The zero-order valence-corrected chi connectivity index (χ0v) is 8.13. The van der Waals surface area contributed by atoms with Crippen molar-refractivity contribution in [3.63, 3.8) is 0 Å². The maximum atomic E-state index is 10.6. The average Bonchev–Trinajstić information content (AvgIpc) is 2.59. The molecule has 4 nitrogen and oxygen atoms in total. The number of carboxylic acids is 1. The first kappa shape index (κ1) is 9.86. The van der Waals surface area contributed by atoms with Crippen LogP contribution in [0.5, 0.6) is 0 Å². The fourth-order valence-electron chi connectivity index (χ4n) is 1.65. The minimum Gasteiger partial charge on any atom is -0.480 e. The van der Waals surface area contributed by atoms with Gasteiger partial charge in [-0.3, -0.25) is 9.79 Å². The number of benzene rings is 1. The SMILES string of the molecule is NC(CC1C=c2ccccc2=N1)C(=O)O. The summed E-state index contributed by atoms with van der Waals surface area (Å²) in [6, 6.07) is 6.78. The minimum atomic E-state index is -0.977. The topological polar surface area (TPSA) is 75.7 Å². The number of aliphatic carboxylic acids is 1. The van der Waals surface area contributed by atoms with Crippen LogP contribution in [0.15, 0.2) is 29.3 Å². The summed E-state index contributed by atoms with van der Waals surface area (Å²) in [5, 5.41) is 10.7. The van der Waals surface area contributed by atoms with Crippen molar-refractivity contribution in [2.45, 2.75) is 18.5 Å². The first-order valence-corrected chi connectivity index (χ1v) is 4.80. The van der Waals surface area contributed by atoms with Gasteiger partial charge in [-0.2, -0.15) is 0 Å². The van der Waals surface area contributed by atoms with Crippen LogP contribution < -0.4 is 16.3 Å². The van der Waals surface area contributed by atoms with Crippen LogP contribution in [-0.4, -0.2) is 23.2 Å². The number of para-hydroxylation sites is 1. The summed E-state index contributed by atoms with van der Waals surface area (Å²) in [4.78, 5) is 15.0. The van der Waals surface area contributed by atoms with E-state index in [1.165, 1.54) is 0 Å². The number of fused-ring (bicyclic) bond motifs is 1. The highest BCUT2D eigenvalue weighted by Gasteiger charge is 2.18. The van der Waals surface area contributed by atoms with Gasteiger partial charge in [0.1, 0.15) is 6.04 Å². The molecule has 1 aromatic rings. The summed E-state index contributed by atoms with van der Waals surface area (Å²) in [5.74, 6) is -0.977. The Bertz CT molecular complexity index is 461. The zero-order chi connectivity index (χ0) is 10.8. The molecule has 2 rings (SSSR count). The van der Waals surface area contributed by atoms with Gasteiger partial charge in [0.05, 0.1) is 11.4 Å². The normalized spacial score (nSPS) is 19.9. The zero-order valence-electron chi connectivity index (χ0n) is 8.13. The highest BCUT2D eigenvalue weighted by atomic mass is 16.4. The summed E-state index contributed by atoms with van der Waals surface area (Å²) in [5.41, 5.74) is 5.45. The number of carbonyl (C=O) groups is 1. The third-order valence-corrected chi connectivity index (χ3v) is 2.43. The summed E-state index contributed by atoms with van der Waals surface area (Å²) in [6.45, 7) is 0. The molecule has 2 unspecified atom stereocenters. The number of rotatable bonds is 3. The molecule has 4 heteroatoms. The lowest BCUT2D eigenvalue weighted by molar-refractivity contribution is -0.138. The van der Waals surface area contributed by atoms with Crippen LogP contribution in [0.4, 0.5) is 0 Å². The van der Waals surface area contributed by atoms with Crippen LogP contribution in [0.1, 0.15) is 6.42 Å². The monoisotopic (exact) mass is 204 g/mol. The van der Waals surface area contributed by atoms with Crippen LogP contribution in [0.3, 0.4) is 0 Å². The Hall–Kier alpha value is -1.68. The molecule has 0 amide bonds. The van der Waals surface area contributed by atoms with E-state index in [1.54, 1.807) is 0 Å². The van der Waals surface area contributed by atoms with Crippen molar-refractivity contribution >= 4 is 12.0 Å². The summed E-state index contributed by atoms with van der Waals surface area (Å²) in [7, 11) is 0. The molecule has 0 spiro atoms. The molecule has 1 heterocycles. The van der Waals surface area contributed by atoms with Gasteiger partial charge >= 0.3 is 5.97 Å². The van der Waals surface area contributed by atoms with Crippen LogP contribution >= 0.6 is 0 Å². The van der Waals surface area contributed by atoms with Gasteiger partial charge < -0.3 is 10.8 Å². The Kier molecular flexibility index (Phi) is 2.51. The molecule has 1 aliphatic heterocycles. The fourth-order valence-corrected chi connectivity index (χ4v) is 1.65. The van der Waals surface area contributed by atoms with E-state index in [4.69, 9.17) is 10.8 Å². The lowest BCUT2D eigenvalue weighted by atomic mass is 10.1. The Morgan fingerprint density at radius 2 is 2.27 bits per heavy atom. The quantitative estimate of drug-likeness (QED) is 0.681. The molecule has 0 saturated carbocycles. The highest BCUT2D eigenvalue weighted by Crippen LogP contribution is 2.04.